The van der Waals surface area contributed by atoms with Crippen LogP contribution in [0.3, 0.4) is 0 Å². The highest BCUT2D eigenvalue weighted by Gasteiger charge is 2.54. The summed E-state index contributed by atoms with van der Waals surface area (Å²) in [6, 6.07) is -6.32. The number of fused-ring (bicyclic) bond motifs is 1. The van der Waals surface area contributed by atoms with Gasteiger partial charge in [0.25, 0.3) is 0 Å². The number of piperidine rings is 1. The maximum absolute atomic E-state index is 9.67. The van der Waals surface area contributed by atoms with Gasteiger partial charge in [-0.25, -0.2) is 0 Å². The van der Waals surface area contributed by atoms with Gasteiger partial charge >= 0.3 is 0 Å². The molecule has 2 fully saturated rings. The number of benzene rings is 1. The highest BCUT2D eigenvalue weighted by Crippen LogP contribution is 2.56. The average molecular weight is 305 g/mol. The van der Waals surface area contributed by atoms with E-state index >= 15 is 0 Å². The molecule has 1 saturated heterocycles. The third kappa shape index (κ3) is 1.88. The molecular weight excluding hydrogens is 258 g/mol. The van der Waals surface area contributed by atoms with Gasteiger partial charge in [-0.2, -0.15) is 0 Å². The Balaban J connectivity index is 2.51. The van der Waals surface area contributed by atoms with Crippen LogP contribution in [0.5, 0.6) is 5.75 Å². The molecule has 1 aliphatic heterocycles. The summed E-state index contributed by atoms with van der Waals surface area (Å²) in [5.41, 5.74) is -5.68. The minimum Gasteiger partial charge on any atom is -0.497 e. The molecule has 0 spiro atoms. The maximum Gasteiger partial charge on any atom is 0.119 e. The summed E-state index contributed by atoms with van der Waals surface area (Å²) in [5, 5.41) is 0. The zero-order chi connectivity index (χ0) is 31.5. The lowest BCUT2D eigenvalue weighted by molar-refractivity contribution is -0.0112. The molecular formula is C19H27NO. The summed E-state index contributed by atoms with van der Waals surface area (Å²) in [5.74, 6) is -7.94. The predicted molar refractivity (Wildman–Crippen MR) is 85.9 cm³/mol. The molecule has 2 bridgehead atoms. The van der Waals surface area contributed by atoms with Gasteiger partial charge in [0, 0.05) is 33.4 Å². The summed E-state index contributed by atoms with van der Waals surface area (Å²) in [7, 11) is 0.959. The molecule has 114 valence electrons. The largest absolute Gasteiger partial charge is 0.497 e. The number of methoxy groups -OCH3 is 1. The lowest BCUT2D eigenvalue weighted by atomic mass is 9.51. The molecule has 0 aromatic heterocycles. The number of hydrogen-bond donors (Lipinski definition) is 0. The van der Waals surface area contributed by atoms with E-state index in [9.17, 15) is 2.74 Å². The molecule has 0 radical (unpaired) electrons. The second kappa shape index (κ2) is 4.74. The third-order valence-corrected chi connectivity index (χ3v) is 3.83. The lowest BCUT2D eigenvalue weighted by Crippen LogP contribution is -2.60. The zero-order valence-electron chi connectivity index (χ0n) is 30.6. The van der Waals surface area contributed by atoms with Crippen LogP contribution in [0, 0.1) is 11.8 Å². The van der Waals surface area contributed by atoms with Gasteiger partial charge in [0.2, 0.25) is 0 Å². The second-order valence-electron chi connectivity index (χ2n) is 5.08. The Labute approximate surface area is 155 Å². The Morgan fingerprint density at radius 3 is 3.24 bits per heavy atom. The Hall–Kier alpha value is -1.02. The fourth-order valence-electron chi connectivity index (χ4n) is 2.82. The Morgan fingerprint density at radius 1 is 1.52 bits per heavy atom. The van der Waals surface area contributed by atoms with Crippen molar-refractivity contribution in [3.63, 3.8) is 0 Å². The smallest absolute Gasteiger partial charge is 0.119 e. The van der Waals surface area contributed by atoms with Crippen molar-refractivity contribution >= 4 is 0 Å². The zero-order valence-corrected chi connectivity index (χ0v) is 11.6. The fourth-order valence-corrected chi connectivity index (χ4v) is 2.82. The van der Waals surface area contributed by atoms with Gasteiger partial charge in [0.05, 0.1) is 11.2 Å². The van der Waals surface area contributed by atoms with Crippen LogP contribution in [0.15, 0.2) is 18.1 Å². The van der Waals surface area contributed by atoms with Crippen molar-refractivity contribution < 1.29 is 30.8 Å². The number of likely N-dealkylation sites (N-methyl/N-ethyl adjacent to an activating group) is 1. The molecule has 1 unspecified atom stereocenters. The predicted octanol–water partition coefficient (Wildman–Crippen LogP) is 3.63. The molecule has 0 N–H and O–H groups in total. The van der Waals surface area contributed by atoms with E-state index in [-0.39, 0.29) is 4.90 Å². The quantitative estimate of drug-likeness (QED) is 0.785. The van der Waals surface area contributed by atoms with E-state index in [1.54, 1.807) is 0 Å². The van der Waals surface area contributed by atoms with Crippen molar-refractivity contribution in [2.45, 2.75) is 50.3 Å². The number of hydrogen-bond acceptors (Lipinski definition) is 2. The Bertz CT molecular complexity index is 1300. The molecule has 2 heteroatoms. The SMILES string of the molecule is [2H]c1c([2H])c(OC)c([2H])c2c1C[C@]1([2H])N(C([2H])([2H])[2H])C([2H])([2H])C([2H])([2H])[C@]23C([2H])([2H])C([2H])([2H])C([2H])(C)C([2H])([2H])[C@@]31[2H]. The monoisotopic (exact) mass is 304 g/mol. The first-order valence-corrected chi connectivity index (χ1v) is 6.49. The van der Waals surface area contributed by atoms with Crippen LogP contribution in [-0.2, 0) is 11.8 Å². The number of ether oxygens (including phenoxy) is 1. The molecule has 2 aliphatic carbocycles. The summed E-state index contributed by atoms with van der Waals surface area (Å²) in [4.78, 5) is -0.372. The highest BCUT2D eigenvalue weighted by molar-refractivity contribution is 5.45. The minimum atomic E-state index is -4.13. The van der Waals surface area contributed by atoms with E-state index in [4.69, 9.17) is 28.0 Å². The molecule has 1 heterocycles. The molecule has 0 amide bonds. The number of likely N-dealkylation sites (tertiary alicyclic amines) is 1. The topological polar surface area (TPSA) is 12.5 Å². The first-order valence-electron chi connectivity index (χ1n) is 16.0. The molecule has 21 heavy (non-hydrogen) atoms. The van der Waals surface area contributed by atoms with Crippen molar-refractivity contribution in [1.29, 1.82) is 0 Å². The minimum absolute atomic E-state index is 0.372. The van der Waals surface area contributed by atoms with Crippen molar-refractivity contribution in [2.75, 3.05) is 20.6 Å². The van der Waals surface area contributed by atoms with Crippen LogP contribution in [0.4, 0.5) is 0 Å². The van der Waals surface area contributed by atoms with E-state index in [0.717, 1.165) is 7.11 Å². The molecule has 3 aliphatic rings. The molecule has 4 rings (SSSR count). The molecule has 1 saturated carbocycles. The van der Waals surface area contributed by atoms with Gasteiger partial charge in [0.1, 0.15) is 5.75 Å². The molecule has 4 atom stereocenters. The fraction of sp³-hybridized carbons (Fsp3) is 0.684. The van der Waals surface area contributed by atoms with Crippen LogP contribution in [0.2, 0.25) is 0 Å². The Morgan fingerprint density at radius 2 is 2.43 bits per heavy atom. The van der Waals surface area contributed by atoms with Crippen LogP contribution in [-0.4, -0.2) is 31.5 Å². The summed E-state index contributed by atoms with van der Waals surface area (Å²) >= 11 is 0. The second-order valence-corrected chi connectivity index (χ2v) is 5.08. The van der Waals surface area contributed by atoms with E-state index in [1.807, 2.05) is 0 Å². The van der Waals surface area contributed by atoms with Gasteiger partial charge in [0.15, 0.2) is 0 Å². The van der Waals surface area contributed by atoms with Crippen molar-refractivity contribution in [1.82, 2.24) is 4.90 Å². The van der Waals surface area contributed by atoms with Crippen LogP contribution >= 0.6 is 0 Å². The van der Waals surface area contributed by atoms with Gasteiger partial charge in [-0.1, -0.05) is 13.0 Å². The van der Waals surface area contributed by atoms with Gasteiger partial charge in [-0.15, -0.1) is 0 Å². The highest BCUT2D eigenvalue weighted by atomic mass is 16.5. The third-order valence-electron chi connectivity index (χ3n) is 3.83. The van der Waals surface area contributed by atoms with Crippen molar-refractivity contribution in [3.8, 4) is 5.75 Å². The van der Waals surface area contributed by atoms with Gasteiger partial charge in [-0.3, -0.25) is 0 Å². The van der Waals surface area contributed by atoms with Gasteiger partial charge in [-0.05, 0) is 80.4 Å². The van der Waals surface area contributed by atoms with E-state index in [2.05, 4.69) is 0 Å². The average Bonchev–Trinajstić information content (AvgIpc) is 2.75. The number of nitrogens with zero attached hydrogens (tertiary/aromatic N) is 1. The lowest BCUT2D eigenvalue weighted by Gasteiger charge is -2.59. The van der Waals surface area contributed by atoms with E-state index in [0.29, 0.717) is 6.92 Å². The van der Waals surface area contributed by atoms with E-state index in [1.165, 1.54) is 0 Å². The summed E-state index contributed by atoms with van der Waals surface area (Å²) < 4.78 is 172. The Kier molecular flexibility index (Phi) is 0.922. The first-order chi connectivity index (χ1) is 17.5. The summed E-state index contributed by atoms with van der Waals surface area (Å²) in [6.45, 7) is -7.13. The van der Waals surface area contributed by atoms with Crippen LogP contribution in [0.1, 0.15) is 69.6 Å². The first kappa shape index (κ1) is 4.08. The van der Waals surface area contributed by atoms with Crippen molar-refractivity contribution in [3.05, 3.63) is 29.3 Å². The van der Waals surface area contributed by atoms with Crippen molar-refractivity contribution in [2.24, 2.45) is 11.8 Å². The molecule has 1 aromatic rings. The molecule has 1 aromatic carbocycles. The summed E-state index contributed by atoms with van der Waals surface area (Å²) in [6.07, 6.45) is -17.0. The van der Waals surface area contributed by atoms with Gasteiger partial charge < -0.3 is 9.64 Å². The van der Waals surface area contributed by atoms with Crippen LogP contribution < -0.4 is 4.74 Å². The number of rotatable bonds is 1. The molecule has 2 nitrogen and oxygen atoms in total. The standard InChI is InChI=1S/C19H27NO/c1-13-6-7-19-8-9-20(2)18(17(19)10-13)11-14-4-5-15(21-3)12-16(14)19/h4-5,12-13,17-18H,6-11H2,1-3H3/t13?,17-,18+,19-/m1/s1/i2D3,4D,5D,6D2,7D2,8D2,9D2,10D2,12D,13D,17D,18D. The maximum atomic E-state index is 9.67. The normalized spacial score (nSPS) is 74.9. The van der Waals surface area contributed by atoms with E-state index < -0.39 is 104 Å². The van der Waals surface area contributed by atoms with Crippen LogP contribution in [0.25, 0.3) is 0 Å².